The molecule has 0 aliphatic carbocycles. The van der Waals surface area contributed by atoms with Gasteiger partial charge in [-0.1, -0.05) is 28.1 Å². The average Bonchev–Trinajstić information content (AvgIpc) is 3.23. The molecule has 9 heteroatoms. The van der Waals surface area contributed by atoms with Crippen molar-refractivity contribution in [2.24, 2.45) is 0 Å². The Balaban J connectivity index is 1.54. The van der Waals surface area contributed by atoms with Crippen molar-refractivity contribution >= 4 is 54.9 Å². The van der Waals surface area contributed by atoms with Gasteiger partial charge in [0.15, 0.2) is 12.4 Å². The minimum atomic E-state index is -0.782. The fourth-order valence-electron chi connectivity index (χ4n) is 3.67. The smallest absolute Gasteiger partial charge is 0.263 e. The van der Waals surface area contributed by atoms with Crippen LogP contribution in [0.3, 0.4) is 0 Å². The second-order valence-electron chi connectivity index (χ2n) is 7.38. The summed E-state index contributed by atoms with van der Waals surface area (Å²) < 4.78 is 7.65. The van der Waals surface area contributed by atoms with Crippen molar-refractivity contribution in [3.63, 3.8) is 0 Å². The van der Waals surface area contributed by atoms with E-state index in [1.807, 2.05) is 29.6 Å². The maximum Gasteiger partial charge on any atom is 0.263 e. The van der Waals surface area contributed by atoms with Crippen molar-refractivity contribution < 1.29 is 14.3 Å². The number of ketones is 1. The van der Waals surface area contributed by atoms with Crippen LogP contribution in [0.15, 0.2) is 63.4 Å². The second-order valence-corrected chi connectivity index (χ2v) is 9.16. The van der Waals surface area contributed by atoms with E-state index in [9.17, 15) is 14.4 Å². The van der Waals surface area contributed by atoms with Gasteiger partial charge in [0.05, 0.1) is 23.4 Å². The molecule has 4 aromatic rings. The van der Waals surface area contributed by atoms with Crippen molar-refractivity contribution in [3.05, 3.63) is 74.6 Å². The standard InChI is InChI=1S/C23H16BrN3O4S/c1-12(21(29)14-4-7-18-17(8-14)26-19(28)9-31-18)27-11-25-22-20(23(27)30)16(10-32-22)13-2-5-15(24)6-3-13/h2-8,10-12H,9H2,1H3,(H,26,28). The number of hydrogen-bond donors (Lipinski definition) is 1. The fourth-order valence-corrected chi connectivity index (χ4v) is 4.84. The van der Waals surface area contributed by atoms with E-state index < -0.39 is 6.04 Å². The van der Waals surface area contributed by atoms with Crippen LogP contribution in [0.4, 0.5) is 5.69 Å². The SMILES string of the molecule is CC(C(=O)c1ccc2c(c1)NC(=O)CO2)n1cnc2scc(-c3ccc(Br)cc3)c2c1=O. The molecule has 7 nitrogen and oxygen atoms in total. The number of benzene rings is 2. The lowest BCUT2D eigenvalue weighted by Gasteiger charge is -2.19. The van der Waals surface area contributed by atoms with Crippen molar-refractivity contribution in [2.75, 3.05) is 11.9 Å². The molecule has 5 rings (SSSR count). The molecule has 1 amide bonds. The van der Waals surface area contributed by atoms with Crippen LogP contribution in [0.2, 0.25) is 0 Å². The predicted octanol–water partition coefficient (Wildman–Crippen LogP) is 4.66. The molecule has 160 valence electrons. The Kier molecular flexibility index (Phi) is 5.15. The van der Waals surface area contributed by atoms with Crippen LogP contribution in [-0.2, 0) is 4.79 Å². The molecule has 0 fully saturated rings. The van der Waals surface area contributed by atoms with Crippen molar-refractivity contribution in [3.8, 4) is 16.9 Å². The van der Waals surface area contributed by atoms with Crippen LogP contribution < -0.4 is 15.6 Å². The molecule has 1 atom stereocenters. The quantitative estimate of drug-likeness (QED) is 0.404. The Morgan fingerprint density at radius 3 is 2.78 bits per heavy atom. The first kappa shape index (κ1) is 20.6. The minimum Gasteiger partial charge on any atom is -0.482 e. The van der Waals surface area contributed by atoms with E-state index >= 15 is 0 Å². The average molecular weight is 510 g/mol. The highest BCUT2D eigenvalue weighted by atomic mass is 79.9. The van der Waals surface area contributed by atoms with Crippen molar-refractivity contribution in [2.45, 2.75) is 13.0 Å². The zero-order valence-electron chi connectivity index (χ0n) is 16.8. The fraction of sp³-hybridized carbons (Fsp3) is 0.130. The molecule has 0 radical (unpaired) electrons. The number of anilines is 1. The van der Waals surface area contributed by atoms with Crippen LogP contribution >= 0.6 is 27.3 Å². The van der Waals surface area contributed by atoms with Gasteiger partial charge in [-0.15, -0.1) is 11.3 Å². The van der Waals surface area contributed by atoms with E-state index in [1.165, 1.54) is 22.2 Å². The molecule has 2 aromatic carbocycles. The van der Waals surface area contributed by atoms with Gasteiger partial charge in [0.2, 0.25) is 0 Å². The summed E-state index contributed by atoms with van der Waals surface area (Å²) in [5.41, 5.74) is 2.23. The monoisotopic (exact) mass is 509 g/mol. The van der Waals surface area contributed by atoms with Crippen LogP contribution in [0.25, 0.3) is 21.3 Å². The number of Topliss-reactive ketones (excluding diaryl/α,β-unsaturated/α-hetero) is 1. The molecule has 1 aliphatic heterocycles. The lowest BCUT2D eigenvalue weighted by atomic mass is 10.0. The molecular formula is C23H16BrN3O4S. The normalized spacial score (nSPS) is 13.9. The van der Waals surface area contributed by atoms with Gasteiger partial charge >= 0.3 is 0 Å². The molecule has 1 N–H and O–H groups in total. The highest BCUT2D eigenvalue weighted by Crippen LogP contribution is 2.32. The van der Waals surface area contributed by atoms with Gasteiger partial charge in [0.1, 0.15) is 10.6 Å². The number of carbonyl (C=O) groups excluding carboxylic acids is 2. The number of aromatic nitrogens is 2. The number of nitrogens with zero attached hydrogens (tertiary/aromatic N) is 2. The summed E-state index contributed by atoms with van der Waals surface area (Å²) in [5, 5.41) is 5.10. The Morgan fingerprint density at radius 1 is 1.22 bits per heavy atom. The molecule has 1 aliphatic rings. The zero-order valence-corrected chi connectivity index (χ0v) is 19.2. The first-order valence-electron chi connectivity index (χ1n) is 9.77. The lowest BCUT2D eigenvalue weighted by Crippen LogP contribution is -2.29. The summed E-state index contributed by atoms with van der Waals surface area (Å²) in [7, 11) is 0. The molecular weight excluding hydrogens is 494 g/mol. The Bertz CT molecular complexity index is 1440. The molecule has 3 heterocycles. The molecule has 0 saturated heterocycles. The van der Waals surface area contributed by atoms with E-state index in [1.54, 1.807) is 25.1 Å². The molecule has 0 spiro atoms. The summed E-state index contributed by atoms with van der Waals surface area (Å²) in [6.45, 7) is 1.61. The summed E-state index contributed by atoms with van der Waals surface area (Å²) in [4.78, 5) is 43.2. The summed E-state index contributed by atoms with van der Waals surface area (Å²) in [6, 6.07) is 11.8. The van der Waals surface area contributed by atoms with E-state index in [0.717, 1.165) is 15.6 Å². The number of amides is 1. The molecule has 32 heavy (non-hydrogen) atoms. The number of nitrogens with one attached hydrogen (secondary N) is 1. The molecule has 0 bridgehead atoms. The number of rotatable bonds is 4. The largest absolute Gasteiger partial charge is 0.482 e. The van der Waals surface area contributed by atoms with Crippen molar-refractivity contribution in [1.29, 1.82) is 0 Å². The molecule has 0 saturated carbocycles. The first-order chi connectivity index (χ1) is 15.4. The third-order valence-electron chi connectivity index (χ3n) is 5.37. The van der Waals surface area contributed by atoms with Crippen molar-refractivity contribution in [1.82, 2.24) is 9.55 Å². The lowest BCUT2D eigenvalue weighted by molar-refractivity contribution is -0.118. The third-order valence-corrected chi connectivity index (χ3v) is 6.78. The molecule has 1 unspecified atom stereocenters. The van der Waals surface area contributed by atoms with E-state index in [0.29, 0.717) is 27.2 Å². The number of fused-ring (bicyclic) bond motifs is 2. The van der Waals surface area contributed by atoms with E-state index in [-0.39, 0.29) is 23.9 Å². The summed E-state index contributed by atoms with van der Waals surface area (Å²) in [6.07, 6.45) is 1.42. The number of halogens is 1. The first-order valence-corrected chi connectivity index (χ1v) is 11.4. The minimum absolute atomic E-state index is 0.0564. The van der Waals surface area contributed by atoms with Crippen LogP contribution in [0.1, 0.15) is 23.3 Å². The maximum atomic E-state index is 13.4. The second kappa shape index (κ2) is 7.99. The summed E-state index contributed by atoms with van der Waals surface area (Å²) in [5.74, 6) is -0.0401. The van der Waals surface area contributed by atoms with Crippen LogP contribution in [0, 0.1) is 0 Å². The van der Waals surface area contributed by atoms with Crippen LogP contribution in [0.5, 0.6) is 5.75 Å². The highest BCUT2D eigenvalue weighted by Gasteiger charge is 2.24. The predicted molar refractivity (Wildman–Crippen MR) is 127 cm³/mol. The van der Waals surface area contributed by atoms with Gasteiger partial charge < -0.3 is 10.1 Å². The summed E-state index contributed by atoms with van der Waals surface area (Å²) >= 11 is 4.82. The van der Waals surface area contributed by atoms with Gasteiger partial charge in [0, 0.05) is 21.0 Å². The number of carbonyl (C=O) groups is 2. The highest BCUT2D eigenvalue weighted by molar-refractivity contribution is 9.10. The Morgan fingerprint density at radius 2 is 2.00 bits per heavy atom. The van der Waals surface area contributed by atoms with Gasteiger partial charge in [-0.05, 0) is 42.8 Å². The third kappa shape index (κ3) is 3.53. The Labute approximate surface area is 194 Å². The van der Waals surface area contributed by atoms with Gasteiger partial charge in [-0.3, -0.25) is 19.0 Å². The van der Waals surface area contributed by atoms with Gasteiger partial charge in [-0.2, -0.15) is 0 Å². The maximum absolute atomic E-state index is 13.4. The Hall–Kier alpha value is -3.30. The number of hydrogen-bond acceptors (Lipinski definition) is 6. The van der Waals surface area contributed by atoms with E-state index in [2.05, 4.69) is 26.2 Å². The number of ether oxygens (including phenoxy) is 1. The van der Waals surface area contributed by atoms with Gasteiger partial charge in [-0.25, -0.2) is 4.98 Å². The van der Waals surface area contributed by atoms with E-state index in [4.69, 9.17) is 4.74 Å². The molecule has 2 aromatic heterocycles. The van der Waals surface area contributed by atoms with Crippen LogP contribution in [-0.4, -0.2) is 27.8 Å². The number of thiophene rings is 1. The van der Waals surface area contributed by atoms with Gasteiger partial charge in [0.25, 0.3) is 11.5 Å². The topological polar surface area (TPSA) is 90.3 Å². The zero-order chi connectivity index (χ0) is 22.4.